The van der Waals surface area contributed by atoms with Crippen molar-refractivity contribution in [2.24, 2.45) is 5.41 Å². The van der Waals surface area contributed by atoms with Gasteiger partial charge in [0.05, 0.1) is 29.3 Å². The van der Waals surface area contributed by atoms with Crippen LogP contribution < -0.4 is 0 Å². The molecule has 2 amide bonds. The number of aliphatic carboxylic acids is 1. The maximum atomic E-state index is 13.8. The van der Waals surface area contributed by atoms with Crippen molar-refractivity contribution in [2.45, 2.75) is 65.8 Å². The van der Waals surface area contributed by atoms with E-state index in [1.54, 1.807) is 46.5 Å². The van der Waals surface area contributed by atoms with E-state index in [0.29, 0.717) is 17.9 Å². The Morgan fingerprint density at radius 1 is 1.05 bits per heavy atom. The Morgan fingerprint density at radius 2 is 1.69 bits per heavy atom. The zero-order valence-corrected chi connectivity index (χ0v) is 23.6. The summed E-state index contributed by atoms with van der Waals surface area (Å²) in [6.07, 6.45) is 1.35. The van der Waals surface area contributed by atoms with E-state index >= 15 is 0 Å². The van der Waals surface area contributed by atoms with Crippen molar-refractivity contribution in [1.82, 2.24) is 24.4 Å². The molecule has 0 radical (unpaired) electrons. The molecule has 0 atom stereocenters. The van der Waals surface area contributed by atoms with E-state index in [1.807, 2.05) is 19.9 Å². The molecule has 1 fully saturated rings. The van der Waals surface area contributed by atoms with Gasteiger partial charge in [0.2, 0.25) is 5.91 Å². The van der Waals surface area contributed by atoms with Crippen LogP contribution in [0.4, 0.5) is 4.39 Å². The molecule has 4 rings (SSSR count). The van der Waals surface area contributed by atoms with E-state index in [2.05, 4.69) is 25.9 Å². The molecule has 0 unspecified atom stereocenters. The number of carbonyl (C=O) groups is 3. The number of halogens is 1. The van der Waals surface area contributed by atoms with Gasteiger partial charge in [-0.3, -0.25) is 14.4 Å². The summed E-state index contributed by atoms with van der Waals surface area (Å²) in [6.45, 7) is 14.0. The van der Waals surface area contributed by atoms with Gasteiger partial charge in [-0.2, -0.15) is 5.10 Å². The first-order chi connectivity index (χ1) is 18.0. The lowest BCUT2D eigenvalue weighted by Crippen LogP contribution is -2.63. The lowest BCUT2D eigenvalue weighted by Gasteiger charge is -2.48. The second kappa shape index (κ2) is 9.73. The predicted octanol–water partition coefficient (Wildman–Crippen LogP) is 4.40. The Kier molecular flexibility index (Phi) is 7.04. The molecule has 10 heteroatoms. The first-order valence-corrected chi connectivity index (χ1v) is 13.0. The molecule has 208 valence electrons. The van der Waals surface area contributed by atoms with Crippen LogP contribution in [0.1, 0.15) is 70.9 Å². The van der Waals surface area contributed by atoms with Gasteiger partial charge < -0.3 is 14.9 Å². The van der Waals surface area contributed by atoms with Crippen molar-refractivity contribution in [3.63, 3.8) is 0 Å². The topological polar surface area (TPSA) is 108 Å². The lowest BCUT2D eigenvalue weighted by atomic mass is 9.86. The second-order valence-electron chi connectivity index (χ2n) is 12.5. The Balaban J connectivity index is 1.65. The molecule has 0 spiro atoms. The molecule has 1 aromatic carbocycles. The summed E-state index contributed by atoms with van der Waals surface area (Å²) in [6, 6.07) is 8.03. The maximum Gasteiger partial charge on any atom is 0.304 e. The smallest absolute Gasteiger partial charge is 0.304 e. The van der Waals surface area contributed by atoms with Crippen LogP contribution in [0.2, 0.25) is 0 Å². The number of carbonyl (C=O) groups excluding carboxylic acids is 2. The molecule has 9 nitrogen and oxygen atoms in total. The molecular formula is C29H36FN5O4. The van der Waals surface area contributed by atoms with Gasteiger partial charge in [-0.25, -0.2) is 13.9 Å². The molecule has 39 heavy (non-hydrogen) atoms. The monoisotopic (exact) mass is 537 g/mol. The fraction of sp³-hybridized carbons (Fsp3) is 0.483. The summed E-state index contributed by atoms with van der Waals surface area (Å²) in [5.41, 5.74) is 1.03. The van der Waals surface area contributed by atoms with Gasteiger partial charge in [0.1, 0.15) is 11.5 Å². The van der Waals surface area contributed by atoms with Crippen LogP contribution in [-0.2, 0) is 15.0 Å². The van der Waals surface area contributed by atoms with Crippen molar-refractivity contribution >= 4 is 23.4 Å². The molecule has 2 aromatic heterocycles. The average molecular weight is 538 g/mol. The first kappa shape index (κ1) is 28.2. The normalized spacial score (nSPS) is 16.0. The van der Waals surface area contributed by atoms with Gasteiger partial charge in [0, 0.05) is 30.8 Å². The number of fused-ring (bicyclic) bond motifs is 1. The fourth-order valence-corrected chi connectivity index (χ4v) is 5.12. The summed E-state index contributed by atoms with van der Waals surface area (Å²) in [7, 11) is 0. The molecular weight excluding hydrogens is 501 g/mol. The lowest BCUT2D eigenvalue weighted by molar-refractivity contribution is -0.151. The Labute approximate surface area is 227 Å². The summed E-state index contributed by atoms with van der Waals surface area (Å²) >= 11 is 0. The second-order valence-corrected chi connectivity index (χ2v) is 12.5. The number of rotatable bonds is 5. The Bertz CT molecular complexity index is 1440. The average Bonchev–Trinajstić information content (AvgIpc) is 3.25. The summed E-state index contributed by atoms with van der Waals surface area (Å²) < 4.78 is 15.1. The SMILES string of the molecule is CC(C)(CC(=O)O)C(=O)N1CCN(C(=O)c2cn3nc(-c4ccc(F)cc4)cc(C(C)(C)C)c3n2)C(C)(C)C1. The molecule has 1 aliphatic rings. The van der Waals surface area contributed by atoms with Crippen LogP contribution in [0.3, 0.4) is 0 Å². The van der Waals surface area contributed by atoms with Crippen LogP contribution in [0.5, 0.6) is 0 Å². The van der Waals surface area contributed by atoms with Gasteiger partial charge in [0.15, 0.2) is 5.65 Å². The third-order valence-electron chi connectivity index (χ3n) is 7.20. The highest BCUT2D eigenvalue weighted by molar-refractivity contribution is 5.94. The van der Waals surface area contributed by atoms with Crippen molar-refractivity contribution in [3.8, 4) is 11.3 Å². The first-order valence-electron chi connectivity index (χ1n) is 13.0. The highest BCUT2D eigenvalue weighted by atomic mass is 19.1. The maximum absolute atomic E-state index is 13.8. The number of hydrogen-bond donors (Lipinski definition) is 1. The van der Waals surface area contributed by atoms with Gasteiger partial charge in [-0.15, -0.1) is 0 Å². The number of nitrogens with zero attached hydrogens (tertiary/aromatic N) is 5. The third kappa shape index (κ3) is 5.65. The predicted molar refractivity (Wildman–Crippen MR) is 145 cm³/mol. The van der Waals surface area contributed by atoms with Gasteiger partial charge >= 0.3 is 5.97 Å². The van der Waals surface area contributed by atoms with Crippen LogP contribution in [-0.4, -0.2) is 72.5 Å². The van der Waals surface area contributed by atoms with Crippen LogP contribution in [0, 0.1) is 11.2 Å². The number of amides is 2. The molecule has 0 aliphatic carbocycles. The summed E-state index contributed by atoms with van der Waals surface area (Å²) in [5, 5.41) is 13.9. The molecule has 0 saturated carbocycles. The van der Waals surface area contributed by atoms with Crippen LogP contribution >= 0.6 is 0 Å². The number of carboxylic acids is 1. The van der Waals surface area contributed by atoms with E-state index in [9.17, 15) is 23.9 Å². The number of aromatic nitrogens is 3. The van der Waals surface area contributed by atoms with E-state index in [1.165, 1.54) is 12.1 Å². The van der Waals surface area contributed by atoms with Crippen molar-refractivity contribution in [1.29, 1.82) is 0 Å². The highest BCUT2D eigenvalue weighted by Gasteiger charge is 2.43. The molecule has 1 saturated heterocycles. The molecule has 3 heterocycles. The summed E-state index contributed by atoms with van der Waals surface area (Å²) in [4.78, 5) is 46.2. The number of carboxylic acid groups (broad SMARTS) is 1. The molecule has 1 aliphatic heterocycles. The number of piperazine rings is 1. The van der Waals surface area contributed by atoms with E-state index < -0.39 is 16.9 Å². The van der Waals surface area contributed by atoms with E-state index in [0.717, 1.165) is 11.1 Å². The molecule has 0 bridgehead atoms. The zero-order valence-electron chi connectivity index (χ0n) is 23.6. The van der Waals surface area contributed by atoms with Crippen molar-refractivity contribution < 1.29 is 23.9 Å². The van der Waals surface area contributed by atoms with Crippen molar-refractivity contribution in [2.75, 3.05) is 19.6 Å². The fourth-order valence-electron chi connectivity index (χ4n) is 5.12. The molecule has 3 aromatic rings. The highest BCUT2D eigenvalue weighted by Crippen LogP contribution is 2.32. The standard InChI is InChI=1S/C29H36FN5O4/c1-27(2,3)20-14-21(18-8-10-19(30)11-9-18)32-35-16-22(31-24(20)35)25(38)34-13-12-33(17-29(34,6)7)26(39)28(4,5)15-23(36)37/h8-11,14,16H,12-13,15,17H2,1-7H3,(H,36,37). The number of imidazole rings is 1. The third-order valence-corrected chi connectivity index (χ3v) is 7.20. The quantitative estimate of drug-likeness (QED) is 0.517. The van der Waals surface area contributed by atoms with E-state index in [-0.39, 0.29) is 48.3 Å². The van der Waals surface area contributed by atoms with Gasteiger partial charge in [0.25, 0.3) is 5.91 Å². The van der Waals surface area contributed by atoms with E-state index in [4.69, 9.17) is 4.98 Å². The summed E-state index contributed by atoms with van der Waals surface area (Å²) in [5.74, 6) is -1.88. The Morgan fingerprint density at radius 3 is 2.26 bits per heavy atom. The molecule has 1 N–H and O–H groups in total. The minimum atomic E-state index is -1.05. The number of hydrogen-bond acceptors (Lipinski definition) is 5. The van der Waals surface area contributed by atoms with Crippen LogP contribution in [0.25, 0.3) is 16.9 Å². The van der Waals surface area contributed by atoms with Gasteiger partial charge in [-0.1, -0.05) is 34.6 Å². The minimum Gasteiger partial charge on any atom is -0.481 e. The van der Waals surface area contributed by atoms with Crippen LogP contribution in [0.15, 0.2) is 36.5 Å². The zero-order chi connectivity index (χ0) is 28.9. The Hall–Kier alpha value is -3.82. The number of benzene rings is 1. The largest absolute Gasteiger partial charge is 0.481 e. The van der Waals surface area contributed by atoms with Gasteiger partial charge in [-0.05, 0) is 49.6 Å². The minimum absolute atomic E-state index is 0.239. The van der Waals surface area contributed by atoms with Crippen molar-refractivity contribution in [3.05, 3.63) is 53.6 Å².